The third kappa shape index (κ3) is 3.98. The first-order chi connectivity index (χ1) is 17.2. The van der Waals surface area contributed by atoms with Crippen molar-refractivity contribution in [3.8, 4) is 0 Å². The standard InChI is InChI=1S/C28H36N2O5S/c1-6-15-29(18(3)4)25(33)23-28-14-13-27(5,36-28)22(26(34)35-16-7-2)21(28)24(32)30(23)20(17-31)19-11-9-8-10-12-19/h6-12,18,20-23,31H,1-2,13-17H2,3-5H3/t20-,21+,22-,23?,27+,28?/m1/s1. The number of fused-ring (bicyclic) bond motifs is 1. The van der Waals surface area contributed by atoms with Crippen LogP contribution in [0.5, 0.6) is 0 Å². The number of rotatable bonds is 10. The molecule has 194 valence electrons. The number of likely N-dealkylation sites (tertiary alicyclic amines) is 1. The average Bonchev–Trinajstić information content (AvgIpc) is 3.43. The third-order valence-electron chi connectivity index (χ3n) is 7.97. The van der Waals surface area contributed by atoms with Crippen LogP contribution in [0.15, 0.2) is 55.6 Å². The summed E-state index contributed by atoms with van der Waals surface area (Å²) in [5, 5.41) is 10.5. The van der Waals surface area contributed by atoms with Gasteiger partial charge in [0.25, 0.3) is 0 Å². The summed E-state index contributed by atoms with van der Waals surface area (Å²) in [6, 6.07) is 7.64. The number of carbonyl (C=O) groups excluding carboxylic acids is 3. The van der Waals surface area contributed by atoms with Gasteiger partial charge in [-0.1, -0.05) is 49.1 Å². The van der Waals surface area contributed by atoms with Gasteiger partial charge in [0.2, 0.25) is 11.8 Å². The molecule has 3 aliphatic heterocycles. The van der Waals surface area contributed by atoms with Gasteiger partial charge in [-0.2, -0.15) is 0 Å². The summed E-state index contributed by atoms with van der Waals surface area (Å²) in [5.74, 6) is -2.25. The molecule has 3 aliphatic rings. The molecule has 7 nitrogen and oxygen atoms in total. The monoisotopic (exact) mass is 512 g/mol. The second-order valence-electron chi connectivity index (χ2n) is 10.4. The van der Waals surface area contributed by atoms with Crippen molar-refractivity contribution in [2.75, 3.05) is 19.8 Å². The zero-order valence-electron chi connectivity index (χ0n) is 21.3. The van der Waals surface area contributed by atoms with Crippen LogP contribution in [0.25, 0.3) is 0 Å². The molecule has 6 atom stereocenters. The predicted octanol–water partition coefficient (Wildman–Crippen LogP) is 3.35. The van der Waals surface area contributed by atoms with Crippen molar-refractivity contribution >= 4 is 29.5 Å². The molecular formula is C28H36N2O5S. The van der Waals surface area contributed by atoms with Crippen molar-refractivity contribution in [3.63, 3.8) is 0 Å². The van der Waals surface area contributed by atoms with Gasteiger partial charge in [0.1, 0.15) is 12.6 Å². The van der Waals surface area contributed by atoms with E-state index < -0.39 is 39.4 Å². The highest BCUT2D eigenvalue weighted by Gasteiger charge is 2.78. The Balaban J connectivity index is 1.86. The van der Waals surface area contributed by atoms with E-state index in [9.17, 15) is 19.5 Å². The van der Waals surface area contributed by atoms with Gasteiger partial charge < -0.3 is 19.6 Å². The summed E-state index contributed by atoms with van der Waals surface area (Å²) in [7, 11) is 0. The summed E-state index contributed by atoms with van der Waals surface area (Å²) < 4.78 is 4.19. The van der Waals surface area contributed by atoms with Crippen LogP contribution in [0.4, 0.5) is 0 Å². The average molecular weight is 513 g/mol. The first kappa shape index (κ1) is 26.5. The van der Waals surface area contributed by atoms with Crippen molar-refractivity contribution in [1.29, 1.82) is 0 Å². The minimum absolute atomic E-state index is 0.0693. The molecule has 4 rings (SSSR count). The number of hydrogen-bond acceptors (Lipinski definition) is 6. The first-order valence-corrected chi connectivity index (χ1v) is 13.4. The lowest BCUT2D eigenvalue weighted by molar-refractivity contribution is -0.155. The number of ether oxygens (including phenoxy) is 1. The van der Waals surface area contributed by atoms with E-state index in [1.165, 1.54) is 6.08 Å². The smallest absolute Gasteiger partial charge is 0.311 e. The molecule has 3 heterocycles. The van der Waals surface area contributed by atoms with Crippen LogP contribution in [0.3, 0.4) is 0 Å². The highest BCUT2D eigenvalue weighted by atomic mass is 32.2. The quantitative estimate of drug-likeness (QED) is 0.382. The fourth-order valence-electron chi connectivity index (χ4n) is 6.45. The van der Waals surface area contributed by atoms with E-state index in [1.54, 1.807) is 27.6 Å². The Morgan fingerprint density at radius 3 is 2.53 bits per heavy atom. The number of aliphatic hydroxyl groups excluding tert-OH is 1. The number of esters is 1. The van der Waals surface area contributed by atoms with E-state index in [0.717, 1.165) is 5.56 Å². The summed E-state index contributed by atoms with van der Waals surface area (Å²) in [4.78, 5) is 45.3. The molecule has 2 unspecified atom stereocenters. The molecule has 2 bridgehead atoms. The Morgan fingerprint density at radius 2 is 1.94 bits per heavy atom. The highest BCUT2D eigenvalue weighted by molar-refractivity contribution is 8.02. The lowest BCUT2D eigenvalue weighted by Crippen LogP contribution is -2.57. The molecule has 1 aromatic rings. The van der Waals surface area contributed by atoms with E-state index in [2.05, 4.69) is 13.2 Å². The molecule has 1 aromatic carbocycles. The third-order valence-corrected chi connectivity index (χ3v) is 9.96. The summed E-state index contributed by atoms with van der Waals surface area (Å²) in [6.07, 6.45) is 4.53. The maximum absolute atomic E-state index is 14.3. The zero-order valence-corrected chi connectivity index (χ0v) is 22.1. The van der Waals surface area contributed by atoms with Crippen LogP contribution in [0.2, 0.25) is 0 Å². The van der Waals surface area contributed by atoms with Crippen molar-refractivity contribution in [1.82, 2.24) is 9.80 Å². The van der Waals surface area contributed by atoms with E-state index in [-0.39, 0.29) is 31.1 Å². The molecule has 1 spiro atoms. The van der Waals surface area contributed by atoms with E-state index in [4.69, 9.17) is 4.74 Å². The van der Waals surface area contributed by atoms with Crippen LogP contribution in [0, 0.1) is 11.8 Å². The van der Waals surface area contributed by atoms with Crippen LogP contribution in [-0.4, -0.2) is 74.0 Å². The lowest BCUT2D eigenvalue weighted by atomic mass is 9.66. The molecule has 1 N–H and O–H groups in total. The van der Waals surface area contributed by atoms with Crippen molar-refractivity contribution in [3.05, 3.63) is 61.2 Å². The van der Waals surface area contributed by atoms with Gasteiger partial charge in [-0.15, -0.1) is 18.3 Å². The molecule has 3 fully saturated rings. The summed E-state index contributed by atoms with van der Waals surface area (Å²) in [5.41, 5.74) is 0.749. The molecular weight excluding hydrogens is 476 g/mol. The van der Waals surface area contributed by atoms with Crippen molar-refractivity contribution in [2.45, 2.75) is 61.2 Å². The van der Waals surface area contributed by atoms with Crippen molar-refractivity contribution in [2.24, 2.45) is 11.8 Å². The fraction of sp³-hybridized carbons (Fsp3) is 0.536. The number of thioether (sulfide) groups is 1. The molecule has 36 heavy (non-hydrogen) atoms. The minimum Gasteiger partial charge on any atom is -0.461 e. The van der Waals surface area contributed by atoms with Crippen LogP contribution < -0.4 is 0 Å². The summed E-state index contributed by atoms with van der Waals surface area (Å²) in [6.45, 7) is 13.4. The van der Waals surface area contributed by atoms with Gasteiger partial charge in [-0.3, -0.25) is 14.4 Å². The Labute approximate surface area is 217 Å². The Hall–Kier alpha value is -2.58. The van der Waals surface area contributed by atoms with E-state index >= 15 is 0 Å². The number of aliphatic hydroxyl groups is 1. The predicted molar refractivity (Wildman–Crippen MR) is 140 cm³/mol. The Bertz CT molecular complexity index is 1050. The Kier molecular flexibility index (Phi) is 7.40. The molecule has 0 aliphatic carbocycles. The lowest BCUT2D eigenvalue weighted by Gasteiger charge is -2.40. The molecule has 0 saturated carbocycles. The number of nitrogens with zero attached hydrogens (tertiary/aromatic N) is 2. The number of hydrogen-bond donors (Lipinski definition) is 1. The number of carbonyl (C=O) groups is 3. The second kappa shape index (κ2) is 10.1. The van der Waals surface area contributed by atoms with Gasteiger partial charge in [0.05, 0.1) is 29.2 Å². The molecule has 3 saturated heterocycles. The van der Waals surface area contributed by atoms with Gasteiger partial charge in [0.15, 0.2) is 0 Å². The molecule has 2 amide bonds. The van der Waals surface area contributed by atoms with Crippen LogP contribution in [0.1, 0.15) is 45.2 Å². The van der Waals surface area contributed by atoms with Gasteiger partial charge >= 0.3 is 5.97 Å². The van der Waals surface area contributed by atoms with E-state index in [0.29, 0.717) is 19.4 Å². The van der Waals surface area contributed by atoms with Crippen LogP contribution in [-0.2, 0) is 19.1 Å². The maximum atomic E-state index is 14.3. The molecule has 0 radical (unpaired) electrons. The SMILES string of the molecule is C=CCOC(=O)[C@H]1[C@H]2C(=O)N([C@H](CO)c3ccccc3)C(C(=O)N(CC=C)C(C)C)C23CC[C@]1(C)S3. The maximum Gasteiger partial charge on any atom is 0.311 e. The Morgan fingerprint density at radius 1 is 1.25 bits per heavy atom. The zero-order chi connectivity index (χ0) is 26.3. The number of benzene rings is 1. The first-order valence-electron chi connectivity index (χ1n) is 12.5. The minimum atomic E-state index is -0.821. The molecule has 0 aromatic heterocycles. The largest absolute Gasteiger partial charge is 0.461 e. The van der Waals surface area contributed by atoms with Gasteiger partial charge in [-0.25, -0.2) is 0 Å². The van der Waals surface area contributed by atoms with Gasteiger partial charge in [0, 0.05) is 17.3 Å². The highest BCUT2D eigenvalue weighted by Crippen LogP contribution is 2.72. The fourth-order valence-corrected chi connectivity index (χ4v) is 8.77. The van der Waals surface area contributed by atoms with Crippen LogP contribution >= 0.6 is 11.8 Å². The topological polar surface area (TPSA) is 87.1 Å². The van der Waals surface area contributed by atoms with E-state index in [1.807, 2.05) is 51.1 Å². The summed E-state index contributed by atoms with van der Waals surface area (Å²) >= 11 is 1.59. The number of amides is 2. The van der Waals surface area contributed by atoms with Gasteiger partial charge in [-0.05, 0) is 39.2 Å². The molecule has 8 heteroatoms. The second-order valence-corrected chi connectivity index (χ2v) is 12.3. The van der Waals surface area contributed by atoms with Crippen molar-refractivity contribution < 1.29 is 24.2 Å². The normalized spacial score (nSPS) is 31.3.